The molecule has 0 aliphatic heterocycles. The van der Waals surface area contributed by atoms with E-state index >= 15 is 0 Å². The lowest BCUT2D eigenvalue weighted by Crippen LogP contribution is -2.22. The molecule has 0 spiro atoms. The summed E-state index contributed by atoms with van der Waals surface area (Å²) >= 11 is 0. The van der Waals surface area contributed by atoms with Crippen LogP contribution >= 0.6 is 0 Å². The SMILES string of the molecule is COc1ccccc1NC(=O)CCc1ccc(S(=O)(=O)N(C)C)cc1. The lowest BCUT2D eigenvalue weighted by Gasteiger charge is -2.12. The molecule has 0 unspecified atom stereocenters. The highest BCUT2D eigenvalue weighted by molar-refractivity contribution is 7.89. The number of carbonyl (C=O) groups excluding carboxylic acids is 1. The molecule has 2 rings (SSSR count). The van der Waals surface area contributed by atoms with Crippen LogP contribution < -0.4 is 10.1 Å². The monoisotopic (exact) mass is 362 g/mol. The molecule has 1 amide bonds. The lowest BCUT2D eigenvalue weighted by molar-refractivity contribution is -0.116. The van der Waals surface area contributed by atoms with E-state index in [1.54, 1.807) is 43.5 Å². The first-order chi connectivity index (χ1) is 11.8. The first kappa shape index (κ1) is 19.0. The van der Waals surface area contributed by atoms with Crippen molar-refractivity contribution in [2.24, 2.45) is 0 Å². The van der Waals surface area contributed by atoms with Crippen LogP contribution in [-0.4, -0.2) is 39.8 Å². The topological polar surface area (TPSA) is 75.7 Å². The number of sulfonamides is 1. The maximum absolute atomic E-state index is 12.1. The Kier molecular flexibility index (Phi) is 6.17. The summed E-state index contributed by atoms with van der Waals surface area (Å²) in [5.74, 6) is 0.476. The molecule has 0 heterocycles. The lowest BCUT2D eigenvalue weighted by atomic mass is 10.1. The number of hydrogen-bond acceptors (Lipinski definition) is 4. The molecular formula is C18H22N2O4S. The van der Waals surface area contributed by atoms with Crippen LogP contribution in [0, 0.1) is 0 Å². The summed E-state index contributed by atoms with van der Waals surface area (Å²) in [6, 6.07) is 13.8. The Morgan fingerprint density at radius 2 is 1.72 bits per heavy atom. The first-order valence-electron chi connectivity index (χ1n) is 7.79. The highest BCUT2D eigenvalue weighted by Crippen LogP contribution is 2.23. The Morgan fingerprint density at radius 3 is 2.32 bits per heavy atom. The van der Waals surface area contributed by atoms with Gasteiger partial charge in [0.2, 0.25) is 15.9 Å². The standard InChI is InChI=1S/C18H22N2O4S/c1-20(2)25(22,23)15-11-8-14(9-12-15)10-13-18(21)19-16-6-4-5-7-17(16)24-3/h4-9,11-12H,10,13H2,1-3H3,(H,19,21). The molecule has 6 nitrogen and oxygen atoms in total. The molecule has 0 bridgehead atoms. The van der Waals surface area contributed by atoms with Crippen molar-refractivity contribution in [3.63, 3.8) is 0 Å². The molecule has 0 aliphatic rings. The summed E-state index contributed by atoms with van der Waals surface area (Å²) in [6.07, 6.45) is 0.807. The molecule has 134 valence electrons. The van der Waals surface area contributed by atoms with Crippen molar-refractivity contribution in [1.29, 1.82) is 0 Å². The van der Waals surface area contributed by atoms with Crippen molar-refractivity contribution in [3.8, 4) is 5.75 Å². The van der Waals surface area contributed by atoms with Gasteiger partial charge in [-0.1, -0.05) is 24.3 Å². The van der Waals surface area contributed by atoms with E-state index in [0.717, 1.165) is 5.56 Å². The van der Waals surface area contributed by atoms with Gasteiger partial charge in [0.15, 0.2) is 0 Å². The zero-order valence-corrected chi connectivity index (χ0v) is 15.3. The average Bonchev–Trinajstić information content (AvgIpc) is 2.60. The number of carbonyl (C=O) groups is 1. The number of amides is 1. The molecule has 0 fully saturated rings. The van der Waals surface area contributed by atoms with Gasteiger partial charge in [-0.2, -0.15) is 0 Å². The van der Waals surface area contributed by atoms with Crippen molar-refractivity contribution in [2.45, 2.75) is 17.7 Å². The number of nitrogens with one attached hydrogen (secondary N) is 1. The molecule has 0 aliphatic carbocycles. The Hall–Kier alpha value is -2.38. The van der Waals surface area contributed by atoms with E-state index in [0.29, 0.717) is 17.9 Å². The second kappa shape index (κ2) is 8.13. The van der Waals surface area contributed by atoms with Crippen LogP contribution in [0.2, 0.25) is 0 Å². The van der Waals surface area contributed by atoms with Gasteiger partial charge in [-0.25, -0.2) is 12.7 Å². The molecule has 25 heavy (non-hydrogen) atoms. The van der Waals surface area contributed by atoms with Crippen molar-refractivity contribution in [1.82, 2.24) is 4.31 Å². The van der Waals surface area contributed by atoms with Crippen LogP contribution in [0.3, 0.4) is 0 Å². The van der Waals surface area contributed by atoms with E-state index in [1.807, 2.05) is 12.1 Å². The summed E-state index contributed by atoms with van der Waals surface area (Å²) in [4.78, 5) is 12.3. The van der Waals surface area contributed by atoms with Crippen molar-refractivity contribution >= 4 is 21.6 Å². The summed E-state index contributed by atoms with van der Waals surface area (Å²) < 4.78 is 30.4. The average molecular weight is 362 g/mol. The number of methoxy groups -OCH3 is 1. The van der Waals surface area contributed by atoms with Gasteiger partial charge in [0.05, 0.1) is 17.7 Å². The Bertz CT molecular complexity index is 830. The van der Waals surface area contributed by atoms with Gasteiger partial charge in [-0.05, 0) is 36.2 Å². The number of rotatable bonds is 7. The number of para-hydroxylation sites is 2. The van der Waals surface area contributed by atoms with Gasteiger partial charge >= 0.3 is 0 Å². The van der Waals surface area contributed by atoms with E-state index in [4.69, 9.17) is 4.74 Å². The van der Waals surface area contributed by atoms with Crippen LogP contribution in [0.15, 0.2) is 53.4 Å². The van der Waals surface area contributed by atoms with Crippen LogP contribution in [0.1, 0.15) is 12.0 Å². The Morgan fingerprint density at radius 1 is 1.08 bits per heavy atom. The number of benzene rings is 2. The Labute approximate surface area is 148 Å². The number of ether oxygens (including phenoxy) is 1. The maximum Gasteiger partial charge on any atom is 0.242 e. The molecule has 0 saturated carbocycles. The van der Waals surface area contributed by atoms with Gasteiger partial charge in [0, 0.05) is 20.5 Å². The van der Waals surface area contributed by atoms with Gasteiger partial charge in [0.1, 0.15) is 5.75 Å². The third kappa shape index (κ3) is 4.80. The van der Waals surface area contributed by atoms with E-state index in [2.05, 4.69) is 5.32 Å². The van der Waals surface area contributed by atoms with Gasteiger partial charge < -0.3 is 10.1 Å². The summed E-state index contributed by atoms with van der Waals surface area (Å²) in [5, 5.41) is 2.82. The molecule has 2 aromatic carbocycles. The normalized spacial score (nSPS) is 11.4. The first-order valence-corrected chi connectivity index (χ1v) is 9.23. The summed E-state index contributed by atoms with van der Waals surface area (Å²) in [7, 11) is 1.10. The quantitative estimate of drug-likeness (QED) is 0.821. The van der Waals surface area contributed by atoms with E-state index < -0.39 is 10.0 Å². The van der Waals surface area contributed by atoms with E-state index in [9.17, 15) is 13.2 Å². The van der Waals surface area contributed by atoms with E-state index in [1.165, 1.54) is 18.4 Å². The van der Waals surface area contributed by atoms with Gasteiger partial charge in [-0.15, -0.1) is 0 Å². The van der Waals surface area contributed by atoms with Crippen LogP contribution in [0.4, 0.5) is 5.69 Å². The van der Waals surface area contributed by atoms with Gasteiger partial charge in [-0.3, -0.25) is 4.79 Å². The second-order valence-corrected chi connectivity index (χ2v) is 7.83. The number of hydrogen-bond donors (Lipinski definition) is 1. The highest BCUT2D eigenvalue weighted by Gasteiger charge is 2.16. The third-order valence-electron chi connectivity index (χ3n) is 3.72. The molecule has 0 saturated heterocycles. The van der Waals surface area contributed by atoms with Crippen LogP contribution in [0.25, 0.3) is 0 Å². The minimum absolute atomic E-state index is 0.130. The molecule has 7 heteroatoms. The minimum Gasteiger partial charge on any atom is -0.495 e. The highest BCUT2D eigenvalue weighted by atomic mass is 32.2. The molecule has 0 aromatic heterocycles. The maximum atomic E-state index is 12.1. The van der Waals surface area contributed by atoms with E-state index in [-0.39, 0.29) is 17.2 Å². The third-order valence-corrected chi connectivity index (χ3v) is 5.55. The van der Waals surface area contributed by atoms with Crippen molar-refractivity contribution in [2.75, 3.05) is 26.5 Å². The van der Waals surface area contributed by atoms with Crippen LogP contribution in [-0.2, 0) is 21.2 Å². The van der Waals surface area contributed by atoms with Crippen molar-refractivity contribution < 1.29 is 17.9 Å². The smallest absolute Gasteiger partial charge is 0.242 e. The zero-order valence-electron chi connectivity index (χ0n) is 14.5. The van der Waals surface area contributed by atoms with Gasteiger partial charge in [0.25, 0.3) is 0 Å². The fourth-order valence-electron chi connectivity index (χ4n) is 2.26. The fraction of sp³-hybridized carbons (Fsp3) is 0.278. The number of nitrogens with zero attached hydrogens (tertiary/aromatic N) is 1. The molecule has 0 atom stereocenters. The molecular weight excluding hydrogens is 340 g/mol. The molecule has 2 aromatic rings. The molecule has 1 N–H and O–H groups in total. The predicted molar refractivity (Wildman–Crippen MR) is 97.3 cm³/mol. The van der Waals surface area contributed by atoms with Crippen molar-refractivity contribution in [3.05, 3.63) is 54.1 Å². The zero-order chi connectivity index (χ0) is 18.4. The van der Waals surface area contributed by atoms with Crippen LogP contribution in [0.5, 0.6) is 5.75 Å². The number of anilines is 1. The number of aryl methyl sites for hydroxylation is 1. The largest absolute Gasteiger partial charge is 0.495 e. The summed E-state index contributed by atoms with van der Waals surface area (Å²) in [5.41, 5.74) is 1.52. The molecule has 0 radical (unpaired) electrons. The predicted octanol–water partition coefficient (Wildman–Crippen LogP) is 2.52. The Balaban J connectivity index is 1.96. The minimum atomic E-state index is -3.43. The second-order valence-electron chi connectivity index (χ2n) is 5.68. The summed E-state index contributed by atoms with van der Waals surface area (Å²) in [6.45, 7) is 0. The fourth-order valence-corrected chi connectivity index (χ4v) is 3.16.